The average molecular weight is 564 g/mol. The largest absolute Gasteiger partial charge is 0.394 e. The van der Waals surface area contributed by atoms with Crippen LogP contribution in [-0.2, 0) is 23.6 Å². The Morgan fingerprint density at radius 1 is 0.914 bits per heavy atom. The van der Waals surface area contributed by atoms with Crippen molar-refractivity contribution in [2.75, 3.05) is 35.4 Å². The lowest BCUT2D eigenvalue weighted by molar-refractivity contribution is 0.268. The first-order valence-corrected chi connectivity index (χ1v) is 14.8. The predicted octanol–water partition coefficient (Wildman–Crippen LogP) is 3.72. The third kappa shape index (κ3) is 7.62. The van der Waals surface area contributed by atoms with E-state index < -0.39 is 10.8 Å². The van der Waals surface area contributed by atoms with Crippen LogP contribution in [0.25, 0.3) is 0 Å². The molecule has 0 aromatic carbocycles. The van der Waals surface area contributed by atoms with Crippen LogP contribution in [0.15, 0.2) is 9.79 Å². The van der Waals surface area contributed by atoms with Gasteiger partial charge in [-0.15, -0.1) is 11.8 Å². The van der Waals surface area contributed by atoms with Crippen molar-refractivity contribution in [2.45, 2.75) is 74.2 Å². The fourth-order valence-electron chi connectivity index (χ4n) is 3.90. The number of rotatable bonds is 10. The summed E-state index contributed by atoms with van der Waals surface area (Å²) in [6.45, 7) is 4.25. The Hall–Kier alpha value is -1.24. The smallest absolute Gasteiger partial charge is 0.224 e. The van der Waals surface area contributed by atoms with Gasteiger partial charge in [0.2, 0.25) is 10.6 Å². The Morgan fingerprint density at radius 3 is 2.09 bits per heavy atom. The van der Waals surface area contributed by atoms with Gasteiger partial charge < -0.3 is 20.8 Å². The Kier molecular flexibility index (Phi) is 11.3. The van der Waals surface area contributed by atoms with E-state index in [9.17, 15) is 14.4 Å². The quantitative estimate of drug-likeness (QED) is 0.317. The second-order valence-electron chi connectivity index (χ2n) is 8.26. The highest BCUT2D eigenvalue weighted by Crippen LogP contribution is 2.36. The number of halogens is 2. The van der Waals surface area contributed by atoms with Crippen molar-refractivity contribution in [1.29, 1.82) is 0 Å². The molecule has 35 heavy (non-hydrogen) atoms. The van der Waals surface area contributed by atoms with Crippen LogP contribution in [0.5, 0.6) is 0 Å². The maximum Gasteiger partial charge on any atom is 0.224 e. The van der Waals surface area contributed by atoms with Crippen LogP contribution in [0.2, 0.25) is 10.6 Å². The summed E-state index contributed by atoms with van der Waals surface area (Å²) < 4.78 is 11.9. The molecule has 9 nitrogen and oxygen atoms in total. The van der Waals surface area contributed by atoms with Crippen LogP contribution in [0.3, 0.4) is 0 Å². The Labute approximate surface area is 222 Å². The molecule has 2 aliphatic rings. The van der Waals surface area contributed by atoms with E-state index in [0.717, 1.165) is 60.0 Å². The molecule has 0 fully saturated rings. The topological polar surface area (TPSA) is 133 Å². The molecule has 4 N–H and O–H groups in total. The number of aryl methyl sites for hydroxylation is 2. The average Bonchev–Trinajstić information content (AvgIpc) is 3.45. The molecule has 0 radical (unpaired) electrons. The van der Waals surface area contributed by atoms with E-state index in [0.29, 0.717) is 22.9 Å². The summed E-state index contributed by atoms with van der Waals surface area (Å²) in [5.41, 5.74) is 1.77. The first-order chi connectivity index (χ1) is 16.9. The summed E-state index contributed by atoms with van der Waals surface area (Å²) in [6.07, 6.45) is 5.30. The molecule has 13 heteroatoms. The standard InChI is InChI=1S/C11H16ClN3O2S.C11H16ClN3OS/c1-2-3-7(6-16)13-10-9-8(4-5-18(9)17)14-11(12)15-10;1-2-3-7(6-16)13-10-9-8(4-5-17-9)14-11(12)15-10/h7,16H,2-6H2,1H3,(H,13,14,15);7,16H,2-6H2,1H3,(H,13,14,15)/t7-,18?;7-/m11/s1. The molecule has 0 saturated carbocycles. The first kappa shape index (κ1) is 28.3. The van der Waals surface area contributed by atoms with Gasteiger partial charge in [-0.3, -0.25) is 4.21 Å². The lowest BCUT2D eigenvalue weighted by Crippen LogP contribution is -2.25. The molecule has 3 atom stereocenters. The number of aliphatic hydroxyl groups excluding tert-OH is 2. The van der Waals surface area contributed by atoms with Gasteiger partial charge in [-0.25, -0.2) is 9.97 Å². The Morgan fingerprint density at radius 2 is 1.49 bits per heavy atom. The number of nitrogens with zero attached hydrogens (tertiary/aromatic N) is 4. The Balaban J connectivity index is 0.000000196. The maximum atomic E-state index is 11.9. The molecule has 4 heterocycles. The van der Waals surface area contributed by atoms with E-state index in [2.05, 4.69) is 37.5 Å². The second-order valence-corrected chi connectivity index (χ2v) is 11.5. The van der Waals surface area contributed by atoms with Crippen LogP contribution >= 0.6 is 35.0 Å². The van der Waals surface area contributed by atoms with Crippen molar-refractivity contribution in [3.05, 3.63) is 22.0 Å². The van der Waals surface area contributed by atoms with Crippen LogP contribution in [0.4, 0.5) is 11.6 Å². The lowest BCUT2D eigenvalue weighted by Gasteiger charge is -2.17. The van der Waals surface area contributed by atoms with Gasteiger partial charge in [0, 0.05) is 24.3 Å². The minimum Gasteiger partial charge on any atom is -0.394 e. The summed E-state index contributed by atoms with van der Waals surface area (Å²) in [5.74, 6) is 2.87. The monoisotopic (exact) mass is 562 g/mol. The van der Waals surface area contributed by atoms with Gasteiger partial charge in [0.05, 0.1) is 52.4 Å². The predicted molar refractivity (Wildman–Crippen MR) is 142 cm³/mol. The highest BCUT2D eigenvalue weighted by atomic mass is 35.5. The molecule has 194 valence electrons. The number of nitrogens with one attached hydrogen (secondary N) is 2. The van der Waals surface area contributed by atoms with Gasteiger partial charge in [0.25, 0.3) is 0 Å². The minimum absolute atomic E-state index is 0.0108. The SMILES string of the molecule is CCC[C@H](CO)Nc1nc(Cl)nc2c1S(=O)CC2.CCC[C@H](CO)Nc1nc(Cl)nc2c1SCC2. The number of aromatic nitrogens is 4. The van der Waals surface area contributed by atoms with E-state index in [-0.39, 0.29) is 35.9 Å². The van der Waals surface area contributed by atoms with Gasteiger partial charge >= 0.3 is 0 Å². The number of hydrogen-bond acceptors (Lipinski definition) is 10. The molecule has 0 saturated heterocycles. The summed E-state index contributed by atoms with van der Waals surface area (Å²) in [5, 5.41) is 25.4. The van der Waals surface area contributed by atoms with Crippen molar-refractivity contribution >= 4 is 57.4 Å². The normalized spacial score (nSPS) is 17.7. The van der Waals surface area contributed by atoms with Gasteiger partial charge in [0.15, 0.2) is 0 Å². The third-order valence-electron chi connectivity index (χ3n) is 5.55. The van der Waals surface area contributed by atoms with Crippen LogP contribution < -0.4 is 10.6 Å². The fraction of sp³-hybridized carbons (Fsp3) is 0.636. The van der Waals surface area contributed by atoms with Crippen LogP contribution in [0, 0.1) is 0 Å². The maximum absolute atomic E-state index is 11.9. The van der Waals surface area contributed by atoms with Crippen LogP contribution in [0.1, 0.15) is 50.9 Å². The molecule has 0 spiro atoms. The summed E-state index contributed by atoms with van der Waals surface area (Å²) in [6, 6.07) is -0.0565. The van der Waals surface area contributed by atoms with Gasteiger partial charge in [-0.1, -0.05) is 26.7 Å². The summed E-state index contributed by atoms with van der Waals surface area (Å²) in [4.78, 5) is 18.4. The molecular formula is C22H32Cl2N6O3S2. The highest BCUT2D eigenvalue weighted by molar-refractivity contribution is 7.99. The molecule has 2 aromatic rings. The highest BCUT2D eigenvalue weighted by Gasteiger charge is 2.26. The second kappa shape index (κ2) is 13.9. The molecule has 4 rings (SSSR count). The minimum atomic E-state index is -1.07. The van der Waals surface area contributed by atoms with Gasteiger partial charge in [-0.2, -0.15) is 9.97 Å². The third-order valence-corrected chi connectivity index (χ3v) is 8.47. The van der Waals surface area contributed by atoms with Gasteiger partial charge in [0.1, 0.15) is 16.5 Å². The number of thioether (sulfide) groups is 1. The summed E-state index contributed by atoms with van der Waals surface area (Å²) in [7, 11) is -1.07. The zero-order valence-corrected chi connectivity index (χ0v) is 23.0. The first-order valence-electron chi connectivity index (χ1n) is 11.8. The molecule has 0 amide bonds. The van der Waals surface area contributed by atoms with E-state index >= 15 is 0 Å². The lowest BCUT2D eigenvalue weighted by atomic mass is 10.2. The van der Waals surface area contributed by atoms with Crippen molar-refractivity contribution in [2.24, 2.45) is 0 Å². The van der Waals surface area contributed by atoms with Crippen molar-refractivity contribution in [1.82, 2.24) is 19.9 Å². The van der Waals surface area contributed by atoms with E-state index in [1.54, 1.807) is 11.8 Å². The van der Waals surface area contributed by atoms with Crippen molar-refractivity contribution in [3.63, 3.8) is 0 Å². The van der Waals surface area contributed by atoms with E-state index in [1.807, 2.05) is 6.92 Å². The van der Waals surface area contributed by atoms with Gasteiger partial charge in [-0.05, 0) is 36.0 Å². The fourth-order valence-corrected chi connectivity index (χ4v) is 6.64. The number of fused-ring (bicyclic) bond motifs is 2. The van der Waals surface area contributed by atoms with Crippen molar-refractivity contribution in [3.8, 4) is 0 Å². The van der Waals surface area contributed by atoms with Crippen molar-refractivity contribution < 1.29 is 14.4 Å². The van der Waals surface area contributed by atoms with Crippen LogP contribution in [-0.4, -0.2) is 71.2 Å². The molecule has 0 aliphatic carbocycles. The molecular weight excluding hydrogens is 531 g/mol. The molecule has 2 aliphatic heterocycles. The summed E-state index contributed by atoms with van der Waals surface area (Å²) >= 11 is 13.5. The molecule has 1 unspecified atom stereocenters. The van der Waals surface area contributed by atoms with E-state index in [1.165, 1.54) is 0 Å². The molecule has 2 aromatic heterocycles. The number of anilines is 2. The Bertz CT molecular complexity index is 1030. The van der Waals surface area contributed by atoms with E-state index in [4.69, 9.17) is 23.2 Å². The zero-order valence-electron chi connectivity index (χ0n) is 19.9. The number of hydrogen-bond donors (Lipinski definition) is 4. The molecule has 0 bridgehead atoms. The zero-order chi connectivity index (χ0) is 25.4. The number of aliphatic hydroxyl groups is 2.